The molecule has 0 heterocycles. The maximum Gasteiger partial charge on any atom is 2.00 e. The summed E-state index contributed by atoms with van der Waals surface area (Å²) in [6.45, 7) is 0. The van der Waals surface area contributed by atoms with Gasteiger partial charge in [-0.25, -0.2) is 9.82 Å². The summed E-state index contributed by atoms with van der Waals surface area (Å²) in [4.78, 5) is 14.9. The van der Waals surface area contributed by atoms with Crippen LogP contribution in [-0.4, -0.2) is 98.3 Å². The summed E-state index contributed by atoms with van der Waals surface area (Å²) >= 11 is 0. The van der Waals surface area contributed by atoms with Gasteiger partial charge in [0.2, 0.25) is 0 Å². The van der Waals surface area contributed by atoms with Crippen molar-refractivity contribution >= 4 is 91.0 Å². The summed E-state index contributed by atoms with van der Waals surface area (Å²) in [6.07, 6.45) is 0. The van der Waals surface area contributed by atoms with E-state index >= 15 is 0 Å². The predicted molar refractivity (Wildman–Crippen MR) is 31.7 cm³/mol. The van der Waals surface area contributed by atoms with Crippen molar-refractivity contribution in [3.05, 3.63) is 0 Å². The predicted octanol–water partition coefficient (Wildman–Crippen LogP) is -0.743. The molecular formula is H7CaO5PSr. The molecule has 0 aliphatic rings. The summed E-state index contributed by atoms with van der Waals surface area (Å²) in [6, 6.07) is 0. The number of phosphoric acid groups is 1. The van der Waals surface area contributed by atoms with Crippen LogP contribution in [0, 0.1) is 0 Å². The van der Waals surface area contributed by atoms with E-state index in [1.165, 1.54) is 0 Å². The van der Waals surface area contributed by atoms with Crippen LogP contribution in [-0.2, 0) is 9.24 Å². The molecule has 0 amide bonds. The standard InChI is InChI=1S/Ca.H3O5P.Sr.4H/c;1-5-6(2,3)4;;;;;/h;1H,(H2,2,3,4);;;;;/q+2;;+2;4*-1. The van der Waals surface area contributed by atoms with Gasteiger partial charge in [0.05, 0.1) is 0 Å². The normalized spacial score (nSPS) is 8.88. The Morgan fingerprint density at radius 1 is 1.50 bits per heavy atom. The Bertz CT molecular complexity index is 87.5. The first kappa shape index (κ1) is 17.1. The molecule has 0 atom stereocenters. The third-order valence-corrected chi connectivity index (χ3v) is 0.319. The van der Waals surface area contributed by atoms with Crippen molar-refractivity contribution in [2.45, 2.75) is 0 Å². The smallest absolute Gasteiger partial charge is 1.00 e. The second-order valence-corrected chi connectivity index (χ2v) is 1.72. The number of hydrogen-bond acceptors (Lipinski definition) is 3. The Morgan fingerprint density at radius 3 is 1.62 bits per heavy atom. The zero-order valence-corrected chi connectivity index (χ0v) is 10.6. The first-order chi connectivity index (χ1) is 2.56. The van der Waals surface area contributed by atoms with Gasteiger partial charge in [0.15, 0.2) is 0 Å². The van der Waals surface area contributed by atoms with E-state index < -0.39 is 7.82 Å². The minimum Gasteiger partial charge on any atom is -1.00 e. The molecule has 0 rings (SSSR count). The van der Waals surface area contributed by atoms with Gasteiger partial charge in [-0.3, -0.25) is 0 Å². The van der Waals surface area contributed by atoms with Crippen LogP contribution in [0.4, 0.5) is 0 Å². The molecule has 0 aromatic heterocycles. The van der Waals surface area contributed by atoms with E-state index in [0.717, 1.165) is 0 Å². The molecule has 0 aromatic rings. The van der Waals surface area contributed by atoms with Crippen LogP contribution < -0.4 is 0 Å². The molecule has 0 saturated heterocycles. The summed E-state index contributed by atoms with van der Waals surface area (Å²) < 4.78 is 11.8. The molecule has 46 valence electrons. The molecule has 0 unspecified atom stereocenters. The van der Waals surface area contributed by atoms with Gasteiger partial charge in [0.25, 0.3) is 0 Å². The maximum atomic E-state index is 9.22. The summed E-state index contributed by atoms with van der Waals surface area (Å²) in [5.74, 6) is 0. The molecule has 3 N–H and O–H groups in total. The van der Waals surface area contributed by atoms with Crippen molar-refractivity contribution < 1.29 is 30.0 Å². The summed E-state index contributed by atoms with van der Waals surface area (Å²) in [5, 5.41) is 7.14. The Kier molecular flexibility index (Phi) is 16.9. The summed E-state index contributed by atoms with van der Waals surface area (Å²) in [5.41, 5.74) is 0. The summed E-state index contributed by atoms with van der Waals surface area (Å²) in [7, 11) is -4.59. The molecule has 8 heavy (non-hydrogen) atoms. The zero-order valence-electron chi connectivity index (χ0n) is 8.02. The van der Waals surface area contributed by atoms with Gasteiger partial charge in [0.1, 0.15) is 0 Å². The molecule has 0 radical (unpaired) electrons. The average molecular weight is 246 g/mol. The molecule has 0 bridgehead atoms. The van der Waals surface area contributed by atoms with Gasteiger partial charge in [-0.05, 0) is 0 Å². The van der Waals surface area contributed by atoms with E-state index in [1.54, 1.807) is 0 Å². The molecule has 8 heteroatoms. The topological polar surface area (TPSA) is 87.0 Å². The number of rotatable bonds is 1. The van der Waals surface area contributed by atoms with E-state index in [4.69, 9.17) is 15.0 Å². The minimum atomic E-state index is -4.59. The van der Waals surface area contributed by atoms with Crippen LogP contribution in [0.3, 0.4) is 0 Å². The Labute approximate surface area is 119 Å². The fourth-order valence-electron chi connectivity index (χ4n) is 0. The SMILES string of the molecule is O=P(O)(O)OO.[Ca+2].[H-].[H-].[H-].[H-].[Sr+2]. The van der Waals surface area contributed by atoms with Crippen molar-refractivity contribution in [1.29, 1.82) is 0 Å². The first-order valence-corrected chi connectivity index (χ1v) is 2.48. The first-order valence-electron chi connectivity index (χ1n) is 0.948. The van der Waals surface area contributed by atoms with E-state index in [-0.39, 0.29) is 88.9 Å². The van der Waals surface area contributed by atoms with Gasteiger partial charge in [0, 0.05) is 0 Å². The van der Waals surface area contributed by atoms with Gasteiger partial charge in [-0.2, -0.15) is 0 Å². The van der Waals surface area contributed by atoms with E-state index in [0.29, 0.717) is 0 Å². The monoisotopic (exact) mass is 246 g/mol. The van der Waals surface area contributed by atoms with Crippen LogP contribution in [0.5, 0.6) is 0 Å². The Hall–Kier alpha value is 2.81. The second kappa shape index (κ2) is 7.91. The number of hydrogen-bond donors (Lipinski definition) is 3. The fraction of sp³-hybridized carbons (Fsp3) is 0. The Morgan fingerprint density at radius 2 is 1.62 bits per heavy atom. The molecule has 0 aliphatic heterocycles. The van der Waals surface area contributed by atoms with Crippen LogP contribution in [0.1, 0.15) is 5.71 Å². The second-order valence-electron chi connectivity index (χ2n) is 0.572. The zero-order chi connectivity index (χ0) is 5.21. The van der Waals surface area contributed by atoms with Crippen LogP contribution in [0.25, 0.3) is 0 Å². The van der Waals surface area contributed by atoms with Crippen molar-refractivity contribution in [2.75, 3.05) is 0 Å². The molecule has 0 spiro atoms. The van der Waals surface area contributed by atoms with Crippen LogP contribution >= 0.6 is 7.82 Å². The van der Waals surface area contributed by atoms with E-state index in [9.17, 15) is 4.57 Å². The molecule has 0 aliphatic carbocycles. The molecule has 5 nitrogen and oxygen atoms in total. The third kappa shape index (κ3) is 15.9. The van der Waals surface area contributed by atoms with Crippen molar-refractivity contribution in [3.63, 3.8) is 0 Å². The quantitative estimate of drug-likeness (QED) is 0.245. The van der Waals surface area contributed by atoms with Gasteiger partial charge < -0.3 is 15.5 Å². The van der Waals surface area contributed by atoms with Crippen molar-refractivity contribution in [2.24, 2.45) is 0 Å². The third-order valence-electron chi connectivity index (χ3n) is 0.106. The molecule has 0 saturated carbocycles. The minimum absolute atomic E-state index is 0. The van der Waals surface area contributed by atoms with E-state index in [1.807, 2.05) is 0 Å². The van der Waals surface area contributed by atoms with Crippen LogP contribution in [0.2, 0.25) is 0 Å². The molecule has 0 fully saturated rings. The van der Waals surface area contributed by atoms with Gasteiger partial charge in [-0.1, -0.05) is 0 Å². The molecule has 0 aromatic carbocycles. The fourth-order valence-corrected chi connectivity index (χ4v) is 0. The maximum absolute atomic E-state index is 9.22. The van der Waals surface area contributed by atoms with Crippen molar-refractivity contribution in [3.8, 4) is 0 Å². The van der Waals surface area contributed by atoms with Crippen molar-refractivity contribution in [1.82, 2.24) is 0 Å². The average Bonchev–Trinajstić information content (AvgIpc) is 1.35. The van der Waals surface area contributed by atoms with Gasteiger partial charge in [-0.15, -0.1) is 4.67 Å². The largest absolute Gasteiger partial charge is 2.00 e. The Balaban J connectivity index is -0.00000000833. The van der Waals surface area contributed by atoms with Gasteiger partial charge >= 0.3 is 91.0 Å². The van der Waals surface area contributed by atoms with Crippen LogP contribution in [0.15, 0.2) is 0 Å². The van der Waals surface area contributed by atoms with E-state index in [2.05, 4.69) is 4.67 Å². The molecular weight excluding hydrogens is 239 g/mol.